The van der Waals surface area contributed by atoms with Crippen LogP contribution in [0.5, 0.6) is 11.8 Å². The van der Waals surface area contributed by atoms with Gasteiger partial charge in [-0.25, -0.2) is 0 Å². The molecule has 1 saturated carbocycles. The highest BCUT2D eigenvalue weighted by Gasteiger charge is 2.41. The molecule has 0 amide bonds. The molecule has 0 radical (unpaired) electrons. The third kappa shape index (κ3) is 3.80. The summed E-state index contributed by atoms with van der Waals surface area (Å²) in [4.78, 5) is 9.48. The molecule has 8 heteroatoms. The standard InChI is InChI=1S/C23H30N6O2/c1-13(2)18-12-25-29-21(18)27-23(31-20-9-15-8-19(20)24-11-15)28-22(29)26-14(3)16-6-5-7-17(10-16)30-4/h5-7,10,12-15,19-20,24H,8-9,11H2,1-4H3,(H,26,27,28). The summed E-state index contributed by atoms with van der Waals surface area (Å²) in [6, 6.07) is 8.83. The molecular formula is C23H30N6O2. The van der Waals surface area contributed by atoms with Crippen LogP contribution in [0.1, 0.15) is 56.7 Å². The van der Waals surface area contributed by atoms with Crippen LogP contribution in [0.3, 0.4) is 0 Å². The van der Waals surface area contributed by atoms with Gasteiger partial charge in [-0.1, -0.05) is 26.0 Å². The van der Waals surface area contributed by atoms with Crippen LogP contribution < -0.4 is 20.1 Å². The molecule has 2 fully saturated rings. The number of ether oxygens (including phenoxy) is 2. The zero-order valence-electron chi connectivity index (χ0n) is 18.5. The lowest BCUT2D eigenvalue weighted by Gasteiger charge is -2.23. The fraction of sp³-hybridized carbons (Fsp3) is 0.522. The van der Waals surface area contributed by atoms with E-state index in [4.69, 9.17) is 19.4 Å². The summed E-state index contributed by atoms with van der Waals surface area (Å²) in [5, 5.41) is 11.6. The summed E-state index contributed by atoms with van der Waals surface area (Å²) in [5.74, 6) is 2.45. The third-order valence-electron chi connectivity index (χ3n) is 6.46. The number of nitrogens with one attached hydrogen (secondary N) is 2. The van der Waals surface area contributed by atoms with Crippen molar-refractivity contribution in [1.29, 1.82) is 0 Å². The van der Waals surface area contributed by atoms with E-state index in [2.05, 4.69) is 42.6 Å². The van der Waals surface area contributed by atoms with Gasteiger partial charge in [0.05, 0.1) is 19.3 Å². The number of nitrogens with zero attached hydrogens (tertiary/aromatic N) is 4. The maximum absolute atomic E-state index is 6.30. The van der Waals surface area contributed by atoms with E-state index in [9.17, 15) is 0 Å². The summed E-state index contributed by atoms with van der Waals surface area (Å²) in [6.07, 6.45) is 4.23. The van der Waals surface area contributed by atoms with Crippen molar-refractivity contribution in [3.8, 4) is 11.8 Å². The second kappa shape index (κ2) is 8.00. The molecule has 1 saturated heterocycles. The maximum atomic E-state index is 6.30. The number of methoxy groups -OCH3 is 1. The first-order valence-corrected chi connectivity index (χ1v) is 11.1. The summed E-state index contributed by atoms with van der Waals surface area (Å²) < 4.78 is 13.5. The van der Waals surface area contributed by atoms with Crippen LogP contribution in [0.15, 0.2) is 30.5 Å². The smallest absolute Gasteiger partial charge is 0.322 e. The Morgan fingerprint density at radius 3 is 2.77 bits per heavy atom. The lowest BCUT2D eigenvalue weighted by atomic mass is 10.1. The summed E-state index contributed by atoms with van der Waals surface area (Å²) >= 11 is 0. The SMILES string of the molecule is COc1cccc(C(C)Nc2nc(OC3CC4CNC3C4)nc3c(C(C)C)cnn23)c1. The number of piperidine rings is 1. The summed E-state index contributed by atoms with van der Waals surface area (Å²) in [7, 11) is 1.68. The van der Waals surface area contributed by atoms with Crippen LogP contribution in [0.4, 0.5) is 5.95 Å². The second-order valence-electron chi connectivity index (χ2n) is 8.97. The minimum Gasteiger partial charge on any atom is -0.497 e. The highest BCUT2D eigenvalue weighted by Crippen LogP contribution is 2.34. The highest BCUT2D eigenvalue weighted by molar-refractivity contribution is 5.53. The first-order chi connectivity index (χ1) is 15.0. The number of anilines is 1. The van der Waals surface area contributed by atoms with Gasteiger partial charge < -0.3 is 20.1 Å². The van der Waals surface area contributed by atoms with E-state index >= 15 is 0 Å². The van der Waals surface area contributed by atoms with Gasteiger partial charge in [0.25, 0.3) is 0 Å². The molecule has 0 spiro atoms. The van der Waals surface area contributed by atoms with Gasteiger partial charge in [-0.15, -0.1) is 0 Å². The molecular weight excluding hydrogens is 392 g/mol. The van der Waals surface area contributed by atoms with Gasteiger partial charge in [0.1, 0.15) is 11.9 Å². The first-order valence-electron chi connectivity index (χ1n) is 11.1. The highest BCUT2D eigenvalue weighted by atomic mass is 16.5. The number of aromatic nitrogens is 4. The second-order valence-corrected chi connectivity index (χ2v) is 8.97. The van der Waals surface area contributed by atoms with Gasteiger partial charge in [0.15, 0.2) is 5.65 Å². The molecule has 31 heavy (non-hydrogen) atoms. The van der Waals surface area contributed by atoms with Gasteiger partial charge in [-0.2, -0.15) is 19.6 Å². The fourth-order valence-electron chi connectivity index (χ4n) is 4.68. The lowest BCUT2D eigenvalue weighted by molar-refractivity contribution is 0.145. The van der Waals surface area contributed by atoms with Crippen molar-refractivity contribution < 1.29 is 9.47 Å². The van der Waals surface area contributed by atoms with Crippen LogP contribution in [0, 0.1) is 5.92 Å². The van der Waals surface area contributed by atoms with Gasteiger partial charge in [0.2, 0.25) is 5.95 Å². The van der Waals surface area contributed by atoms with Crippen LogP contribution in [-0.4, -0.2) is 45.4 Å². The quantitative estimate of drug-likeness (QED) is 0.602. The minimum absolute atomic E-state index is 0.00286. The van der Waals surface area contributed by atoms with Gasteiger partial charge in [-0.3, -0.25) is 0 Å². The molecule has 3 heterocycles. The van der Waals surface area contributed by atoms with Crippen LogP contribution in [0.25, 0.3) is 5.65 Å². The molecule has 1 aliphatic heterocycles. The van der Waals surface area contributed by atoms with Crippen LogP contribution in [-0.2, 0) is 0 Å². The Labute approximate surface area is 182 Å². The molecule has 2 bridgehead atoms. The molecule has 8 nitrogen and oxygen atoms in total. The van der Waals surface area contributed by atoms with E-state index < -0.39 is 0 Å². The average molecular weight is 423 g/mol. The zero-order chi connectivity index (χ0) is 21.5. The maximum Gasteiger partial charge on any atom is 0.322 e. The Balaban J connectivity index is 1.48. The van der Waals surface area contributed by atoms with Crippen molar-refractivity contribution >= 4 is 11.6 Å². The first kappa shape index (κ1) is 20.1. The van der Waals surface area contributed by atoms with Crippen molar-refractivity contribution in [3.63, 3.8) is 0 Å². The van der Waals surface area contributed by atoms with Crippen LogP contribution in [0.2, 0.25) is 0 Å². The largest absolute Gasteiger partial charge is 0.497 e. The number of hydrogen-bond acceptors (Lipinski definition) is 7. The zero-order valence-corrected chi connectivity index (χ0v) is 18.5. The molecule has 4 atom stereocenters. The Bertz CT molecular complexity index is 1080. The van der Waals surface area contributed by atoms with Gasteiger partial charge in [0, 0.05) is 11.6 Å². The molecule has 4 unspecified atom stereocenters. The fourth-order valence-corrected chi connectivity index (χ4v) is 4.68. The predicted octanol–water partition coefficient (Wildman–Crippen LogP) is 3.56. The normalized spacial score (nSPS) is 23.5. The monoisotopic (exact) mass is 422 g/mol. The van der Waals surface area contributed by atoms with Crippen molar-refractivity contribution in [2.45, 2.75) is 57.7 Å². The van der Waals surface area contributed by atoms with Crippen LogP contribution >= 0.6 is 0 Å². The number of benzene rings is 1. The van der Waals surface area contributed by atoms with E-state index in [0.29, 0.717) is 29.8 Å². The number of rotatable bonds is 7. The topological polar surface area (TPSA) is 85.6 Å². The minimum atomic E-state index is -0.00286. The molecule has 164 valence electrons. The Morgan fingerprint density at radius 1 is 1.19 bits per heavy atom. The van der Waals surface area contributed by atoms with Crippen molar-refractivity contribution in [3.05, 3.63) is 41.6 Å². The molecule has 5 rings (SSSR count). The number of fused-ring (bicyclic) bond motifs is 3. The molecule has 3 aromatic rings. The predicted molar refractivity (Wildman–Crippen MR) is 119 cm³/mol. The van der Waals surface area contributed by atoms with E-state index in [1.54, 1.807) is 11.6 Å². The van der Waals surface area contributed by atoms with Gasteiger partial charge in [-0.05, 0) is 55.8 Å². The average Bonchev–Trinajstić information content (AvgIpc) is 3.49. The molecule has 2 aromatic heterocycles. The van der Waals surface area contributed by atoms with E-state index in [1.165, 1.54) is 6.42 Å². The van der Waals surface area contributed by atoms with Crippen molar-refractivity contribution in [2.75, 3.05) is 19.0 Å². The lowest BCUT2D eigenvalue weighted by Crippen LogP contribution is -2.40. The van der Waals surface area contributed by atoms with Crippen molar-refractivity contribution in [2.24, 2.45) is 5.92 Å². The molecule has 2 aliphatic rings. The molecule has 1 aromatic carbocycles. The van der Waals surface area contributed by atoms with Gasteiger partial charge >= 0.3 is 6.01 Å². The molecule has 2 N–H and O–H groups in total. The third-order valence-corrected chi connectivity index (χ3v) is 6.46. The summed E-state index contributed by atoms with van der Waals surface area (Å²) in [5.41, 5.74) is 2.97. The summed E-state index contributed by atoms with van der Waals surface area (Å²) in [6.45, 7) is 7.47. The van der Waals surface area contributed by atoms with E-state index in [-0.39, 0.29) is 12.1 Å². The Morgan fingerprint density at radius 2 is 2.06 bits per heavy atom. The van der Waals surface area contributed by atoms with Crippen molar-refractivity contribution in [1.82, 2.24) is 24.9 Å². The Kier molecular flexibility index (Phi) is 5.17. The van der Waals surface area contributed by atoms with E-state index in [1.807, 2.05) is 24.4 Å². The molecule has 1 aliphatic carbocycles. The van der Waals surface area contributed by atoms with E-state index in [0.717, 1.165) is 35.5 Å². The number of hydrogen-bond donors (Lipinski definition) is 2. The Hall–Kier alpha value is -2.87.